The summed E-state index contributed by atoms with van der Waals surface area (Å²) < 4.78 is 1.89. The molecule has 1 aliphatic rings. The fourth-order valence-electron chi connectivity index (χ4n) is 1.98. The Labute approximate surface area is 129 Å². The van der Waals surface area contributed by atoms with Gasteiger partial charge in [0.1, 0.15) is 16.2 Å². The molecule has 0 spiro atoms. The first-order chi connectivity index (χ1) is 9.10. The third-order valence-corrected chi connectivity index (χ3v) is 3.83. The standard InChI is InChI=1S/C14H13Br2N3/c1-8-4-10(15)6-11(5-8)17-13-7-12(16)18-14(19-13)9-2-3-9/h4-7,9H,2-3H2,1H3,(H,17,18,19). The molecule has 1 aromatic carbocycles. The van der Waals surface area contributed by atoms with Crippen LogP contribution in [0.3, 0.4) is 0 Å². The van der Waals surface area contributed by atoms with Gasteiger partial charge in [-0.25, -0.2) is 9.97 Å². The summed E-state index contributed by atoms with van der Waals surface area (Å²) in [5.41, 5.74) is 2.23. The van der Waals surface area contributed by atoms with Crippen molar-refractivity contribution in [1.29, 1.82) is 0 Å². The van der Waals surface area contributed by atoms with E-state index in [-0.39, 0.29) is 0 Å². The van der Waals surface area contributed by atoms with E-state index in [9.17, 15) is 0 Å². The number of aromatic nitrogens is 2. The van der Waals surface area contributed by atoms with Crippen LogP contribution in [-0.4, -0.2) is 9.97 Å². The van der Waals surface area contributed by atoms with Crippen LogP contribution in [0.1, 0.15) is 30.1 Å². The summed E-state index contributed by atoms with van der Waals surface area (Å²) in [4.78, 5) is 9.01. The molecule has 3 rings (SSSR count). The van der Waals surface area contributed by atoms with E-state index in [2.05, 4.69) is 66.2 Å². The quantitative estimate of drug-likeness (QED) is 0.764. The predicted molar refractivity (Wildman–Crippen MR) is 83.9 cm³/mol. The highest BCUT2D eigenvalue weighted by Crippen LogP contribution is 2.39. The van der Waals surface area contributed by atoms with Crippen LogP contribution < -0.4 is 5.32 Å². The van der Waals surface area contributed by atoms with Gasteiger partial charge in [-0.3, -0.25) is 0 Å². The molecule has 0 atom stereocenters. The van der Waals surface area contributed by atoms with Crippen molar-refractivity contribution < 1.29 is 0 Å². The molecule has 0 amide bonds. The molecule has 0 saturated heterocycles. The van der Waals surface area contributed by atoms with Gasteiger partial charge in [-0.2, -0.15) is 0 Å². The summed E-state index contributed by atoms with van der Waals surface area (Å²) in [5, 5.41) is 3.34. The van der Waals surface area contributed by atoms with Crippen LogP contribution in [0.15, 0.2) is 33.3 Å². The molecule has 1 fully saturated rings. The Kier molecular flexibility index (Phi) is 3.58. The number of halogens is 2. The highest BCUT2D eigenvalue weighted by atomic mass is 79.9. The predicted octanol–water partition coefficient (Wildman–Crippen LogP) is 4.93. The lowest BCUT2D eigenvalue weighted by Crippen LogP contribution is -2.00. The fraction of sp³-hybridized carbons (Fsp3) is 0.286. The van der Waals surface area contributed by atoms with Gasteiger partial charge in [0.15, 0.2) is 0 Å². The van der Waals surface area contributed by atoms with Crippen LogP contribution >= 0.6 is 31.9 Å². The normalized spacial score (nSPS) is 14.5. The van der Waals surface area contributed by atoms with E-state index in [0.717, 1.165) is 26.4 Å². The highest BCUT2D eigenvalue weighted by molar-refractivity contribution is 9.10. The van der Waals surface area contributed by atoms with Crippen LogP contribution in [0, 0.1) is 6.92 Å². The second-order valence-electron chi connectivity index (χ2n) is 4.85. The molecule has 1 aromatic heterocycles. The van der Waals surface area contributed by atoms with Gasteiger partial charge in [0.05, 0.1) is 0 Å². The number of hydrogen-bond acceptors (Lipinski definition) is 3. The number of nitrogens with one attached hydrogen (secondary N) is 1. The number of hydrogen-bond donors (Lipinski definition) is 1. The van der Waals surface area contributed by atoms with Gasteiger partial charge in [-0.15, -0.1) is 0 Å². The summed E-state index contributed by atoms with van der Waals surface area (Å²) in [5.74, 6) is 2.31. The zero-order chi connectivity index (χ0) is 13.4. The highest BCUT2D eigenvalue weighted by Gasteiger charge is 2.27. The molecule has 0 radical (unpaired) electrons. The Hall–Kier alpha value is -0.940. The fourth-order valence-corrected chi connectivity index (χ4v) is 2.99. The molecule has 98 valence electrons. The van der Waals surface area contributed by atoms with Crippen LogP contribution in [0.5, 0.6) is 0 Å². The summed E-state index contributed by atoms with van der Waals surface area (Å²) in [6.07, 6.45) is 2.40. The molecule has 1 heterocycles. The van der Waals surface area contributed by atoms with Crippen LogP contribution in [0.4, 0.5) is 11.5 Å². The molecule has 0 bridgehead atoms. The Bertz CT molecular complexity index is 604. The van der Waals surface area contributed by atoms with Crippen molar-refractivity contribution in [1.82, 2.24) is 9.97 Å². The molecule has 0 aliphatic heterocycles. The van der Waals surface area contributed by atoms with Gasteiger partial charge in [-0.1, -0.05) is 15.9 Å². The maximum atomic E-state index is 4.58. The van der Waals surface area contributed by atoms with Crippen molar-refractivity contribution in [2.75, 3.05) is 5.32 Å². The first-order valence-electron chi connectivity index (χ1n) is 6.19. The molecular formula is C14H13Br2N3. The lowest BCUT2D eigenvalue weighted by Gasteiger charge is -2.09. The Balaban J connectivity index is 1.89. The zero-order valence-electron chi connectivity index (χ0n) is 10.5. The molecule has 1 N–H and O–H groups in total. The van der Waals surface area contributed by atoms with Crippen LogP contribution in [-0.2, 0) is 0 Å². The lowest BCUT2D eigenvalue weighted by atomic mass is 10.2. The Morgan fingerprint density at radius 2 is 1.89 bits per heavy atom. The molecule has 1 aliphatic carbocycles. The van der Waals surface area contributed by atoms with Crippen molar-refractivity contribution in [3.8, 4) is 0 Å². The monoisotopic (exact) mass is 381 g/mol. The van der Waals surface area contributed by atoms with E-state index >= 15 is 0 Å². The average Bonchev–Trinajstić information content (AvgIpc) is 3.09. The van der Waals surface area contributed by atoms with Crippen molar-refractivity contribution in [2.24, 2.45) is 0 Å². The van der Waals surface area contributed by atoms with E-state index in [4.69, 9.17) is 0 Å². The minimum Gasteiger partial charge on any atom is -0.340 e. The Morgan fingerprint density at radius 3 is 2.58 bits per heavy atom. The summed E-state index contributed by atoms with van der Waals surface area (Å²) in [6, 6.07) is 8.12. The SMILES string of the molecule is Cc1cc(Br)cc(Nc2cc(Br)nc(C3CC3)n2)c1. The average molecular weight is 383 g/mol. The second kappa shape index (κ2) is 5.21. The van der Waals surface area contributed by atoms with Gasteiger partial charge in [0, 0.05) is 22.1 Å². The zero-order valence-corrected chi connectivity index (χ0v) is 13.6. The van der Waals surface area contributed by atoms with E-state index in [1.54, 1.807) is 0 Å². The number of benzene rings is 1. The van der Waals surface area contributed by atoms with Crippen LogP contribution in [0.2, 0.25) is 0 Å². The smallest absolute Gasteiger partial charge is 0.135 e. The van der Waals surface area contributed by atoms with E-state index < -0.39 is 0 Å². The van der Waals surface area contributed by atoms with Crippen molar-refractivity contribution in [2.45, 2.75) is 25.7 Å². The summed E-state index contributed by atoms with van der Waals surface area (Å²) in [6.45, 7) is 2.07. The topological polar surface area (TPSA) is 37.8 Å². The largest absolute Gasteiger partial charge is 0.340 e. The van der Waals surface area contributed by atoms with Gasteiger partial charge in [0.2, 0.25) is 0 Å². The van der Waals surface area contributed by atoms with E-state index in [1.807, 2.05) is 12.1 Å². The maximum absolute atomic E-state index is 4.58. The van der Waals surface area contributed by atoms with E-state index in [0.29, 0.717) is 5.92 Å². The van der Waals surface area contributed by atoms with Gasteiger partial charge in [0.25, 0.3) is 0 Å². The molecule has 1 saturated carbocycles. The third-order valence-electron chi connectivity index (χ3n) is 2.97. The van der Waals surface area contributed by atoms with Crippen molar-refractivity contribution in [3.63, 3.8) is 0 Å². The minimum absolute atomic E-state index is 0.544. The molecule has 5 heteroatoms. The van der Waals surface area contributed by atoms with E-state index in [1.165, 1.54) is 18.4 Å². The number of rotatable bonds is 3. The first-order valence-corrected chi connectivity index (χ1v) is 7.77. The molecule has 0 unspecified atom stereocenters. The molecular weight excluding hydrogens is 370 g/mol. The van der Waals surface area contributed by atoms with Crippen molar-refractivity contribution in [3.05, 3.63) is 44.7 Å². The summed E-state index contributed by atoms with van der Waals surface area (Å²) in [7, 11) is 0. The summed E-state index contributed by atoms with van der Waals surface area (Å²) >= 11 is 6.96. The van der Waals surface area contributed by atoms with Crippen molar-refractivity contribution >= 4 is 43.4 Å². The van der Waals surface area contributed by atoms with Gasteiger partial charge >= 0.3 is 0 Å². The maximum Gasteiger partial charge on any atom is 0.135 e. The van der Waals surface area contributed by atoms with Gasteiger partial charge < -0.3 is 5.32 Å². The number of anilines is 2. The number of nitrogens with zero attached hydrogens (tertiary/aromatic N) is 2. The second-order valence-corrected chi connectivity index (χ2v) is 6.58. The van der Waals surface area contributed by atoms with Gasteiger partial charge in [-0.05, 0) is 59.5 Å². The Morgan fingerprint density at radius 1 is 1.11 bits per heavy atom. The first kappa shape index (κ1) is 13.1. The number of aryl methyl sites for hydroxylation is 1. The minimum atomic E-state index is 0.544. The molecule has 2 aromatic rings. The molecule has 19 heavy (non-hydrogen) atoms. The third kappa shape index (κ3) is 3.34. The van der Waals surface area contributed by atoms with Crippen LogP contribution in [0.25, 0.3) is 0 Å². The molecule has 3 nitrogen and oxygen atoms in total. The lowest BCUT2D eigenvalue weighted by molar-refractivity contribution is 0.919.